The number of ether oxygens (including phenoxy) is 1. The lowest BCUT2D eigenvalue weighted by atomic mass is 9.89. The molecule has 5 nitrogen and oxygen atoms in total. The molecule has 0 aliphatic carbocycles. The molecule has 5 rings (SSSR count). The highest BCUT2D eigenvalue weighted by Crippen LogP contribution is 2.39. The molecule has 1 aromatic heterocycles. The lowest BCUT2D eigenvalue weighted by Crippen LogP contribution is -2.30. The number of aromatic nitrogens is 1. The van der Waals surface area contributed by atoms with Gasteiger partial charge in [-0.15, -0.1) is 0 Å². The van der Waals surface area contributed by atoms with E-state index in [0.29, 0.717) is 6.42 Å². The Morgan fingerprint density at radius 2 is 1.77 bits per heavy atom. The van der Waals surface area contributed by atoms with Crippen LogP contribution in [0.4, 0.5) is 0 Å². The molecule has 35 heavy (non-hydrogen) atoms. The quantitative estimate of drug-likeness (QED) is 0.293. The van der Waals surface area contributed by atoms with E-state index in [4.69, 9.17) is 14.8 Å². The second-order valence-corrected chi connectivity index (χ2v) is 9.74. The molecular formula is C29H26BrN3O2. The summed E-state index contributed by atoms with van der Waals surface area (Å²) in [6.45, 7) is 4.09. The van der Waals surface area contributed by atoms with Gasteiger partial charge >= 0.3 is 0 Å². The zero-order valence-corrected chi connectivity index (χ0v) is 21.5. The third kappa shape index (κ3) is 4.51. The predicted octanol–water partition coefficient (Wildman–Crippen LogP) is 6.61. The molecule has 1 aliphatic rings. The number of aryl methyl sites for hydroxylation is 2. The average molecular weight is 528 g/mol. The van der Waals surface area contributed by atoms with Gasteiger partial charge in [0.15, 0.2) is 0 Å². The zero-order chi connectivity index (χ0) is 24.5. The average Bonchev–Trinajstić information content (AvgIpc) is 3.30. The number of pyridine rings is 1. The molecule has 0 unspecified atom stereocenters. The largest absolute Gasteiger partial charge is 0.375 e. The van der Waals surface area contributed by atoms with Crippen molar-refractivity contribution in [3.63, 3.8) is 0 Å². The van der Waals surface area contributed by atoms with Crippen molar-refractivity contribution in [1.82, 2.24) is 9.99 Å². The monoisotopic (exact) mass is 527 g/mol. The Balaban J connectivity index is 1.72. The molecule has 0 saturated heterocycles. The van der Waals surface area contributed by atoms with Crippen LogP contribution in [0.2, 0.25) is 0 Å². The Bertz CT molecular complexity index is 1430. The topological polar surface area (TPSA) is 54.8 Å². The highest BCUT2D eigenvalue weighted by molar-refractivity contribution is 9.10. The van der Waals surface area contributed by atoms with Gasteiger partial charge in [0.25, 0.3) is 5.91 Å². The summed E-state index contributed by atoms with van der Waals surface area (Å²) in [4.78, 5) is 18.0. The van der Waals surface area contributed by atoms with E-state index >= 15 is 0 Å². The van der Waals surface area contributed by atoms with E-state index in [1.54, 1.807) is 5.01 Å². The van der Waals surface area contributed by atoms with Crippen LogP contribution >= 0.6 is 15.9 Å². The minimum atomic E-state index is -0.211. The molecule has 0 fully saturated rings. The summed E-state index contributed by atoms with van der Waals surface area (Å²) in [5.41, 5.74) is 8.10. The van der Waals surface area contributed by atoms with Crippen LogP contribution in [0.25, 0.3) is 22.0 Å². The van der Waals surface area contributed by atoms with E-state index in [0.717, 1.165) is 49.0 Å². The van der Waals surface area contributed by atoms with Gasteiger partial charge in [-0.05, 0) is 49.2 Å². The van der Waals surface area contributed by atoms with Crippen molar-refractivity contribution < 1.29 is 9.53 Å². The molecule has 1 amide bonds. The number of hydrogen-bond acceptors (Lipinski definition) is 4. The number of methoxy groups -OCH3 is 1. The van der Waals surface area contributed by atoms with Crippen LogP contribution < -0.4 is 0 Å². The van der Waals surface area contributed by atoms with Crippen molar-refractivity contribution in [2.24, 2.45) is 5.10 Å². The first-order valence-corrected chi connectivity index (χ1v) is 12.4. The van der Waals surface area contributed by atoms with E-state index in [9.17, 15) is 4.79 Å². The van der Waals surface area contributed by atoms with Crippen molar-refractivity contribution >= 4 is 38.5 Å². The van der Waals surface area contributed by atoms with Crippen LogP contribution in [0.15, 0.2) is 82.4 Å². The molecule has 4 aromatic rings. The smallest absolute Gasteiger partial charge is 0.269 e. The van der Waals surface area contributed by atoms with Crippen molar-refractivity contribution in [3.8, 4) is 11.1 Å². The van der Waals surface area contributed by atoms with Gasteiger partial charge in [-0.1, -0.05) is 70.0 Å². The number of amides is 1. The normalized spacial score (nSPS) is 15.5. The number of benzene rings is 3. The maximum Gasteiger partial charge on any atom is 0.269 e. The van der Waals surface area contributed by atoms with E-state index in [1.807, 2.05) is 49.4 Å². The first-order valence-electron chi connectivity index (χ1n) is 11.6. The van der Waals surface area contributed by atoms with Crippen molar-refractivity contribution in [3.05, 3.63) is 99.7 Å². The van der Waals surface area contributed by atoms with Crippen LogP contribution in [0.3, 0.4) is 0 Å². The lowest BCUT2D eigenvalue weighted by Gasteiger charge is -2.21. The molecule has 0 bridgehead atoms. The number of carbonyl (C=O) groups excluding carboxylic acids is 1. The first-order chi connectivity index (χ1) is 17.0. The van der Waals surface area contributed by atoms with Crippen LogP contribution in [0.1, 0.15) is 34.8 Å². The van der Waals surface area contributed by atoms with Crippen LogP contribution in [0.5, 0.6) is 0 Å². The Morgan fingerprint density at radius 3 is 2.49 bits per heavy atom. The molecule has 0 radical (unpaired) electrons. The summed E-state index contributed by atoms with van der Waals surface area (Å²) in [5.74, 6) is -0.168. The molecule has 1 aliphatic heterocycles. The molecule has 0 saturated carbocycles. The molecule has 3 aromatic carbocycles. The fraction of sp³-hybridized carbons (Fsp3) is 0.207. The highest BCUT2D eigenvalue weighted by atomic mass is 79.9. The number of halogens is 1. The van der Waals surface area contributed by atoms with Gasteiger partial charge in [0.05, 0.1) is 17.3 Å². The van der Waals surface area contributed by atoms with Gasteiger partial charge in [0.2, 0.25) is 0 Å². The molecule has 0 spiro atoms. The van der Waals surface area contributed by atoms with Gasteiger partial charge in [-0.3, -0.25) is 9.78 Å². The molecule has 1 atom stereocenters. The second-order valence-electron chi connectivity index (χ2n) is 8.82. The predicted molar refractivity (Wildman–Crippen MR) is 143 cm³/mol. The third-order valence-electron chi connectivity index (χ3n) is 6.36. The van der Waals surface area contributed by atoms with Gasteiger partial charge in [0.1, 0.15) is 6.61 Å². The van der Waals surface area contributed by atoms with Crippen molar-refractivity contribution in [2.75, 3.05) is 13.7 Å². The Hall–Kier alpha value is -3.35. The third-order valence-corrected chi connectivity index (χ3v) is 6.89. The zero-order valence-electron chi connectivity index (χ0n) is 20.0. The maximum absolute atomic E-state index is 13.0. The van der Waals surface area contributed by atoms with Gasteiger partial charge in [-0.2, -0.15) is 5.10 Å². The number of fused-ring (bicyclic) bond motifs is 1. The van der Waals surface area contributed by atoms with Gasteiger partial charge in [-0.25, -0.2) is 5.01 Å². The fourth-order valence-corrected chi connectivity index (χ4v) is 5.05. The first kappa shape index (κ1) is 23.4. The number of rotatable bonds is 5. The second kappa shape index (κ2) is 9.72. The number of carbonyl (C=O) groups is 1. The Labute approximate surface area is 213 Å². The van der Waals surface area contributed by atoms with Crippen LogP contribution in [0, 0.1) is 13.8 Å². The molecule has 2 heterocycles. The molecule has 0 N–H and O–H groups in total. The fourth-order valence-electron chi connectivity index (χ4n) is 4.78. The summed E-state index contributed by atoms with van der Waals surface area (Å²) in [7, 11) is 1.53. The molecular weight excluding hydrogens is 502 g/mol. The summed E-state index contributed by atoms with van der Waals surface area (Å²) >= 11 is 3.51. The number of hydrazone groups is 1. The van der Waals surface area contributed by atoms with Crippen molar-refractivity contribution in [1.29, 1.82) is 0 Å². The molecule has 176 valence electrons. The van der Waals surface area contributed by atoms with Crippen LogP contribution in [-0.2, 0) is 9.53 Å². The maximum atomic E-state index is 13.0. The summed E-state index contributed by atoms with van der Waals surface area (Å²) in [5, 5.41) is 7.57. The minimum Gasteiger partial charge on any atom is -0.375 e. The van der Waals surface area contributed by atoms with Crippen LogP contribution in [-0.4, -0.2) is 35.3 Å². The van der Waals surface area contributed by atoms with Gasteiger partial charge in [0, 0.05) is 40.2 Å². The number of hydrogen-bond donors (Lipinski definition) is 0. The summed E-state index contributed by atoms with van der Waals surface area (Å²) < 4.78 is 6.16. The molecule has 6 heteroatoms. The van der Waals surface area contributed by atoms with E-state index in [2.05, 4.69) is 53.2 Å². The summed E-state index contributed by atoms with van der Waals surface area (Å²) in [6, 6.07) is 24.5. The summed E-state index contributed by atoms with van der Waals surface area (Å²) in [6.07, 6.45) is 0.594. The van der Waals surface area contributed by atoms with E-state index in [-0.39, 0.29) is 18.6 Å². The van der Waals surface area contributed by atoms with Crippen molar-refractivity contribution in [2.45, 2.75) is 26.3 Å². The standard InChI is InChI=1S/C29H26BrN3O2/c1-18-9-14-24-23(15-18)29(21-7-5-4-6-8-21)28(19(2)31-24)25-16-26(20-10-12-22(30)13-11-20)33(32-25)27(34)17-35-3/h4-15,26H,16-17H2,1-3H3/t26-/m1/s1. The van der Waals surface area contributed by atoms with E-state index < -0.39 is 0 Å². The Kier molecular flexibility index (Phi) is 6.50. The highest BCUT2D eigenvalue weighted by Gasteiger charge is 2.35. The van der Waals surface area contributed by atoms with E-state index in [1.165, 1.54) is 12.7 Å². The minimum absolute atomic E-state index is 0.0243. The number of nitrogens with zero attached hydrogens (tertiary/aromatic N) is 3. The lowest BCUT2D eigenvalue weighted by molar-refractivity contribution is -0.137. The Morgan fingerprint density at radius 1 is 1.03 bits per heavy atom. The van der Waals surface area contributed by atoms with Gasteiger partial charge < -0.3 is 4.74 Å². The SMILES string of the molecule is COCC(=O)N1N=C(c2c(C)nc3ccc(C)cc3c2-c2ccccc2)C[C@@H]1c1ccc(Br)cc1.